The van der Waals surface area contributed by atoms with E-state index >= 15 is 0 Å². The topological polar surface area (TPSA) is 34.1 Å². The third-order valence-electron chi connectivity index (χ3n) is 3.42. The monoisotopic (exact) mass is 262 g/mol. The van der Waals surface area contributed by atoms with Gasteiger partial charge in [0.25, 0.3) is 0 Å². The Kier molecular flexibility index (Phi) is 7.38. The first-order valence-electron chi connectivity index (χ1n) is 6.90. The van der Waals surface area contributed by atoms with Gasteiger partial charge in [-0.25, -0.2) is 8.42 Å². The van der Waals surface area contributed by atoms with Crippen molar-refractivity contribution < 1.29 is 8.42 Å². The van der Waals surface area contributed by atoms with E-state index in [0.29, 0.717) is 11.8 Å². The second-order valence-electron chi connectivity index (χ2n) is 6.15. The van der Waals surface area contributed by atoms with E-state index in [4.69, 9.17) is 0 Å². The molecule has 17 heavy (non-hydrogen) atoms. The molecule has 3 heteroatoms. The Hall–Kier alpha value is -0.0500. The molecule has 0 N–H and O–H groups in total. The Morgan fingerprint density at radius 2 is 0.941 bits per heavy atom. The van der Waals surface area contributed by atoms with Gasteiger partial charge in [0.2, 0.25) is 0 Å². The molecule has 0 spiro atoms. The molecule has 2 nitrogen and oxygen atoms in total. The van der Waals surface area contributed by atoms with Crippen LogP contribution in [0.2, 0.25) is 0 Å². The molecule has 0 bridgehead atoms. The summed E-state index contributed by atoms with van der Waals surface area (Å²) in [6.07, 6.45) is 3.59. The van der Waals surface area contributed by atoms with Gasteiger partial charge in [0.15, 0.2) is 9.84 Å². The SMILES string of the molecule is CC(C)CCC(C)S(=O)(=O)C(C)CCC(C)C. The fraction of sp³-hybridized carbons (Fsp3) is 1.00. The second kappa shape index (κ2) is 7.40. The molecule has 0 saturated carbocycles. The van der Waals surface area contributed by atoms with E-state index in [1.54, 1.807) is 0 Å². The second-order valence-corrected chi connectivity index (χ2v) is 8.94. The van der Waals surface area contributed by atoms with Gasteiger partial charge in [0.05, 0.1) is 10.5 Å². The van der Waals surface area contributed by atoms with Crippen molar-refractivity contribution >= 4 is 9.84 Å². The minimum Gasteiger partial charge on any atom is -0.228 e. The maximum absolute atomic E-state index is 12.3. The van der Waals surface area contributed by atoms with Crippen molar-refractivity contribution in [3.63, 3.8) is 0 Å². The van der Waals surface area contributed by atoms with Crippen molar-refractivity contribution in [1.82, 2.24) is 0 Å². The number of rotatable bonds is 8. The highest BCUT2D eigenvalue weighted by molar-refractivity contribution is 7.92. The van der Waals surface area contributed by atoms with Gasteiger partial charge in [-0.2, -0.15) is 0 Å². The summed E-state index contributed by atoms with van der Waals surface area (Å²) < 4.78 is 24.5. The predicted octanol–water partition coefficient (Wildman–Crippen LogP) is 4.05. The third-order valence-corrected chi connectivity index (χ3v) is 6.14. The van der Waals surface area contributed by atoms with Crippen LogP contribution in [0, 0.1) is 11.8 Å². The standard InChI is InChI=1S/C14H30O2S/c1-11(2)7-9-13(5)17(15,16)14(6)10-8-12(3)4/h11-14H,7-10H2,1-6H3. The molecule has 104 valence electrons. The average Bonchev–Trinajstić information content (AvgIpc) is 2.21. The van der Waals surface area contributed by atoms with Crippen LogP contribution in [0.15, 0.2) is 0 Å². The van der Waals surface area contributed by atoms with E-state index in [-0.39, 0.29) is 10.5 Å². The normalized spacial score (nSPS) is 16.5. The summed E-state index contributed by atoms with van der Waals surface area (Å²) in [7, 11) is -2.93. The molecule has 0 aliphatic rings. The summed E-state index contributed by atoms with van der Waals surface area (Å²) in [4.78, 5) is 0. The van der Waals surface area contributed by atoms with Gasteiger partial charge in [-0.3, -0.25) is 0 Å². The third kappa shape index (κ3) is 6.44. The molecule has 0 amide bonds. The molecule has 0 aliphatic heterocycles. The van der Waals surface area contributed by atoms with Crippen molar-refractivity contribution in [2.24, 2.45) is 11.8 Å². The van der Waals surface area contributed by atoms with Crippen molar-refractivity contribution in [3.8, 4) is 0 Å². The number of sulfone groups is 1. The Labute approximate surface area is 108 Å². The van der Waals surface area contributed by atoms with E-state index < -0.39 is 9.84 Å². The van der Waals surface area contributed by atoms with Crippen LogP contribution in [0.1, 0.15) is 67.2 Å². The van der Waals surface area contributed by atoms with Gasteiger partial charge in [-0.15, -0.1) is 0 Å². The molecule has 0 aliphatic carbocycles. The molecule has 2 atom stereocenters. The van der Waals surface area contributed by atoms with Crippen LogP contribution in [0.5, 0.6) is 0 Å². The first kappa shape index (κ1) is 16.9. The molecule has 2 unspecified atom stereocenters. The molecule has 0 radical (unpaired) electrons. The van der Waals surface area contributed by atoms with Gasteiger partial charge in [-0.05, 0) is 51.4 Å². The summed E-state index contributed by atoms with van der Waals surface area (Å²) in [5.74, 6) is 1.16. The molecule has 0 rings (SSSR count). The van der Waals surface area contributed by atoms with Gasteiger partial charge in [-0.1, -0.05) is 27.7 Å². The molecule has 0 saturated heterocycles. The first-order chi connectivity index (χ1) is 7.67. The van der Waals surface area contributed by atoms with Gasteiger partial charge in [0.1, 0.15) is 0 Å². The summed E-state index contributed by atoms with van der Waals surface area (Å²) in [6.45, 7) is 12.3. The van der Waals surface area contributed by atoms with Crippen molar-refractivity contribution in [2.75, 3.05) is 0 Å². The van der Waals surface area contributed by atoms with Crippen LogP contribution in [-0.2, 0) is 9.84 Å². The Morgan fingerprint density at radius 1 is 0.647 bits per heavy atom. The first-order valence-corrected chi connectivity index (χ1v) is 8.51. The Bertz CT molecular complexity index is 267. The van der Waals surface area contributed by atoms with Crippen molar-refractivity contribution in [1.29, 1.82) is 0 Å². The maximum atomic E-state index is 12.3. The van der Waals surface area contributed by atoms with Crippen LogP contribution >= 0.6 is 0 Å². The minimum absolute atomic E-state index is 0.188. The summed E-state index contributed by atoms with van der Waals surface area (Å²) >= 11 is 0. The summed E-state index contributed by atoms with van der Waals surface area (Å²) in [6, 6.07) is 0. The predicted molar refractivity (Wildman–Crippen MR) is 76.0 cm³/mol. The zero-order valence-electron chi connectivity index (χ0n) is 12.4. The fourth-order valence-corrected chi connectivity index (χ4v) is 3.58. The number of hydrogen-bond acceptors (Lipinski definition) is 2. The van der Waals surface area contributed by atoms with Crippen LogP contribution in [0.25, 0.3) is 0 Å². The largest absolute Gasteiger partial charge is 0.228 e. The zero-order valence-corrected chi connectivity index (χ0v) is 13.2. The highest BCUT2D eigenvalue weighted by Gasteiger charge is 2.27. The minimum atomic E-state index is -2.93. The lowest BCUT2D eigenvalue weighted by atomic mass is 10.1. The van der Waals surface area contributed by atoms with Crippen LogP contribution in [0.3, 0.4) is 0 Å². The average molecular weight is 262 g/mol. The lowest BCUT2D eigenvalue weighted by Crippen LogP contribution is -2.28. The smallest absolute Gasteiger partial charge is 0.155 e. The quantitative estimate of drug-likeness (QED) is 0.661. The van der Waals surface area contributed by atoms with Gasteiger partial charge < -0.3 is 0 Å². The molecule has 0 aromatic rings. The molecule has 0 aromatic heterocycles. The van der Waals surface area contributed by atoms with E-state index in [1.165, 1.54) is 0 Å². The highest BCUT2D eigenvalue weighted by atomic mass is 32.2. The molecule has 0 heterocycles. The molecule has 0 aromatic carbocycles. The lowest BCUT2D eigenvalue weighted by Gasteiger charge is -2.20. The van der Waals surface area contributed by atoms with E-state index in [2.05, 4.69) is 27.7 Å². The van der Waals surface area contributed by atoms with Crippen molar-refractivity contribution in [3.05, 3.63) is 0 Å². The Morgan fingerprint density at radius 3 is 1.18 bits per heavy atom. The van der Waals surface area contributed by atoms with Crippen molar-refractivity contribution in [2.45, 2.75) is 77.7 Å². The van der Waals surface area contributed by atoms with Gasteiger partial charge in [0, 0.05) is 0 Å². The zero-order chi connectivity index (χ0) is 13.6. The molecular formula is C14H30O2S. The van der Waals surface area contributed by atoms with Crippen LogP contribution < -0.4 is 0 Å². The van der Waals surface area contributed by atoms with E-state index in [9.17, 15) is 8.42 Å². The lowest BCUT2D eigenvalue weighted by molar-refractivity contribution is 0.506. The molecule has 0 fully saturated rings. The molecular weight excluding hydrogens is 232 g/mol. The van der Waals surface area contributed by atoms with Crippen LogP contribution in [-0.4, -0.2) is 18.9 Å². The fourth-order valence-electron chi connectivity index (χ4n) is 1.86. The van der Waals surface area contributed by atoms with Crippen LogP contribution in [0.4, 0.5) is 0 Å². The summed E-state index contributed by atoms with van der Waals surface area (Å²) in [5, 5.41) is -0.376. The summed E-state index contributed by atoms with van der Waals surface area (Å²) in [5.41, 5.74) is 0. The maximum Gasteiger partial charge on any atom is 0.155 e. The van der Waals surface area contributed by atoms with E-state index in [0.717, 1.165) is 25.7 Å². The Balaban J connectivity index is 4.33. The van der Waals surface area contributed by atoms with E-state index in [1.807, 2.05) is 13.8 Å². The van der Waals surface area contributed by atoms with Gasteiger partial charge >= 0.3 is 0 Å². The number of hydrogen-bond donors (Lipinski definition) is 0. The highest BCUT2D eigenvalue weighted by Crippen LogP contribution is 2.21.